The predicted octanol–water partition coefficient (Wildman–Crippen LogP) is 18.7. The molecule has 0 saturated carbocycles. The Hall–Kier alpha value is -2.63. The fourth-order valence-corrected chi connectivity index (χ4v) is 8.08. The van der Waals surface area contributed by atoms with Gasteiger partial charge in [-0.25, -0.2) is 0 Å². The van der Waals surface area contributed by atoms with E-state index in [1.807, 2.05) is 6.08 Å². The van der Waals surface area contributed by atoms with Crippen molar-refractivity contribution in [2.24, 2.45) is 0 Å². The molecule has 378 valence electrons. The molecule has 0 fully saturated rings. The highest BCUT2D eigenvalue weighted by molar-refractivity contribution is 5.71. The van der Waals surface area contributed by atoms with Gasteiger partial charge in [0.05, 0.1) is 0 Å². The monoisotopic (exact) mass is 911 g/mol. The molecule has 1 atom stereocenters. The van der Waals surface area contributed by atoms with Crippen molar-refractivity contribution in [2.45, 2.75) is 297 Å². The number of rotatable bonds is 51. The Kier molecular flexibility index (Phi) is 51.8. The molecule has 0 radical (unpaired) electrons. The second-order valence-corrected chi connectivity index (χ2v) is 18.9. The van der Waals surface area contributed by atoms with Gasteiger partial charge in [0.25, 0.3) is 0 Å². The molecule has 0 saturated heterocycles. The molecule has 0 aromatic carbocycles. The number of hydrogen-bond acceptors (Lipinski definition) is 6. The first-order chi connectivity index (χ1) is 32.0. The van der Waals surface area contributed by atoms with Crippen molar-refractivity contribution in [2.75, 3.05) is 13.2 Å². The first-order valence-corrected chi connectivity index (χ1v) is 28.2. The Morgan fingerprint density at radius 2 is 0.631 bits per heavy atom. The van der Waals surface area contributed by atoms with E-state index in [0.29, 0.717) is 19.3 Å². The van der Waals surface area contributed by atoms with Gasteiger partial charge in [0, 0.05) is 19.3 Å². The minimum atomic E-state index is -0.799. The molecule has 0 aliphatic carbocycles. The van der Waals surface area contributed by atoms with Gasteiger partial charge in [0.15, 0.2) is 6.10 Å². The summed E-state index contributed by atoms with van der Waals surface area (Å²) in [6, 6.07) is 0. The van der Waals surface area contributed by atoms with Crippen molar-refractivity contribution >= 4 is 17.9 Å². The van der Waals surface area contributed by atoms with Crippen molar-refractivity contribution in [3.8, 4) is 0 Å². The normalized spacial score (nSPS) is 12.4. The first-order valence-electron chi connectivity index (χ1n) is 28.2. The largest absolute Gasteiger partial charge is 0.462 e. The van der Waals surface area contributed by atoms with E-state index in [2.05, 4.69) is 63.3 Å². The van der Waals surface area contributed by atoms with Crippen LogP contribution in [-0.2, 0) is 28.6 Å². The van der Waals surface area contributed by atoms with Gasteiger partial charge in [-0.1, -0.05) is 256 Å². The van der Waals surface area contributed by atoms with Gasteiger partial charge in [0.2, 0.25) is 0 Å². The lowest BCUT2D eigenvalue weighted by Gasteiger charge is -2.18. The van der Waals surface area contributed by atoms with Crippen LogP contribution in [0.3, 0.4) is 0 Å². The molecular formula is C59H106O6. The van der Waals surface area contributed by atoms with Crippen LogP contribution in [0.25, 0.3) is 0 Å². The van der Waals surface area contributed by atoms with E-state index in [4.69, 9.17) is 14.2 Å². The summed E-state index contributed by atoms with van der Waals surface area (Å²) >= 11 is 0. The maximum absolute atomic E-state index is 12.8. The Morgan fingerprint density at radius 3 is 1.06 bits per heavy atom. The zero-order chi connectivity index (χ0) is 47.2. The van der Waals surface area contributed by atoms with Crippen LogP contribution in [0.1, 0.15) is 290 Å². The van der Waals surface area contributed by atoms with Crippen molar-refractivity contribution in [3.63, 3.8) is 0 Å². The Morgan fingerprint density at radius 1 is 0.323 bits per heavy atom. The number of hydrogen-bond donors (Lipinski definition) is 0. The maximum Gasteiger partial charge on any atom is 0.306 e. The van der Waals surface area contributed by atoms with Crippen LogP contribution in [-0.4, -0.2) is 37.2 Å². The fourth-order valence-electron chi connectivity index (χ4n) is 8.08. The van der Waals surface area contributed by atoms with E-state index in [9.17, 15) is 14.4 Å². The molecular weight excluding hydrogens is 805 g/mol. The lowest BCUT2D eigenvalue weighted by Crippen LogP contribution is -2.30. The zero-order valence-electron chi connectivity index (χ0n) is 43.3. The molecule has 0 rings (SSSR count). The van der Waals surface area contributed by atoms with Gasteiger partial charge in [-0.05, 0) is 64.2 Å². The van der Waals surface area contributed by atoms with E-state index in [-0.39, 0.29) is 37.5 Å². The molecule has 0 heterocycles. The molecule has 1 unspecified atom stereocenters. The summed E-state index contributed by atoms with van der Waals surface area (Å²) in [5, 5.41) is 0. The summed E-state index contributed by atoms with van der Waals surface area (Å²) in [6.45, 7) is 6.57. The van der Waals surface area contributed by atoms with E-state index in [0.717, 1.165) is 64.2 Å². The smallest absolute Gasteiger partial charge is 0.306 e. The third-order valence-corrected chi connectivity index (χ3v) is 12.3. The lowest BCUT2D eigenvalue weighted by atomic mass is 10.0. The van der Waals surface area contributed by atoms with Crippen molar-refractivity contribution in [1.29, 1.82) is 0 Å². The summed E-state index contributed by atoms with van der Waals surface area (Å²) in [7, 11) is 0. The average molecular weight is 911 g/mol. The van der Waals surface area contributed by atoms with Crippen LogP contribution >= 0.6 is 0 Å². The number of allylic oxidation sites excluding steroid dienone is 8. The van der Waals surface area contributed by atoms with Gasteiger partial charge in [-0.2, -0.15) is 0 Å². The summed E-state index contributed by atoms with van der Waals surface area (Å²) in [5.41, 5.74) is 0. The van der Waals surface area contributed by atoms with E-state index >= 15 is 0 Å². The van der Waals surface area contributed by atoms with Gasteiger partial charge in [0.1, 0.15) is 13.2 Å². The molecule has 0 N–H and O–H groups in total. The second-order valence-electron chi connectivity index (χ2n) is 18.9. The minimum Gasteiger partial charge on any atom is -0.462 e. The van der Waals surface area contributed by atoms with Gasteiger partial charge >= 0.3 is 17.9 Å². The summed E-state index contributed by atoms with van der Waals surface area (Å²) in [4.78, 5) is 38.0. The number of carbonyl (C=O) groups excluding carboxylic acids is 3. The number of ether oxygens (including phenoxy) is 3. The molecule has 0 spiro atoms. The topological polar surface area (TPSA) is 78.9 Å². The Labute approximate surface area is 403 Å². The van der Waals surface area contributed by atoms with Crippen LogP contribution in [0.5, 0.6) is 0 Å². The molecule has 0 bridgehead atoms. The standard InChI is InChI=1S/C59H106O6/c1-4-7-10-13-16-19-22-25-27-28-29-30-32-34-37-40-43-46-49-52-58(61)64-55-56(54-63-57(60)51-48-45-42-39-36-33-24-21-18-15-12-9-6-3)65-59(62)53-50-47-44-41-38-35-31-26-23-20-17-14-11-8-5-2/h17,20,23,26,33,36,42,45,56H,4-16,18-19,21-22,24-25,27-32,34-35,37-41,43-44,46-55H2,1-3H3/b20-17+,26-23+,36-33+,45-42+. The highest BCUT2D eigenvalue weighted by atomic mass is 16.6. The minimum absolute atomic E-state index is 0.0922. The van der Waals surface area contributed by atoms with Crippen LogP contribution in [0.15, 0.2) is 48.6 Å². The third-order valence-electron chi connectivity index (χ3n) is 12.3. The molecule has 0 aromatic rings. The van der Waals surface area contributed by atoms with Crippen molar-refractivity contribution in [3.05, 3.63) is 48.6 Å². The molecule has 0 amide bonds. The van der Waals surface area contributed by atoms with Crippen LogP contribution in [0.2, 0.25) is 0 Å². The molecule has 0 aliphatic rings. The molecule has 6 nitrogen and oxygen atoms in total. The highest BCUT2D eigenvalue weighted by Crippen LogP contribution is 2.16. The first kappa shape index (κ1) is 62.4. The zero-order valence-corrected chi connectivity index (χ0v) is 43.3. The molecule has 0 aliphatic heterocycles. The van der Waals surface area contributed by atoms with Crippen LogP contribution in [0, 0.1) is 0 Å². The van der Waals surface area contributed by atoms with Crippen LogP contribution < -0.4 is 0 Å². The second kappa shape index (κ2) is 54.0. The predicted molar refractivity (Wildman–Crippen MR) is 279 cm³/mol. The van der Waals surface area contributed by atoms with Crippen LogP contribution in [0.4, 0.5) is 0 Å². The molecule has 0 aromatic heterocycles. The van der Waals surface area contributed by atoms with Gasteiger partial charge in [-0.15, -0.1) is 0 Å². The summed E-state index contributed by atoms with van der Waals surface area (Å²) in [5.74, 6) is -0.963. The number of carbonyl (C=O) groups is 3. The summed E-state index contributed by atoms with van der Waals surface area (Å²) in [6.07, 6.45) is 65.4. The van der Waals surface area contributed by atoms with Crippen molar-refractivity contribution in [1.82, 2.24) is 0 Å². The van der Waals surface area contributed by atoms with Crippen molar-refractivity contribution < 1.29 is 28.6 Å². The third kappa shape index (κ3) is 52.2. The number of unbranched alkanes of at least 4 members (excludes halogenated alkanes) is 33. The lowest BCUT2D eigenvalue weighted by molar-refractivity contribution is -0.166. The average Bonchev–Trinajstić information content (AvgIpc) is 3.30. The molecule has 65 heavy (non-hydrogen) atoms. The van der Waals surface area contributed by atoms with E-state index < -0.39 is 6.10 Å². The number of esters is 3. The fraction of sp³-hybridized carbons (Fsp3) is 0.814. The summed E-state index contributed by atoms with van der Waals surface area (Å²) < 4.78 is 16.8. The van der Waals surface area contributed by atoms with E-state index in [1.54, 1.807) is 0 Å². The maximum atomic E-state index is 12.8. The Bertz CT molecular complexity index is 1140. The highest BCUT2D eigenvalue weighted by Gasteiger charge is 2.19. The quantitative estimate of drug-likeness (QED) is 0.0199. The Balaban J connectivity index is 4.38. The van der Waals surface area contributed by atoms with Gasteiger partial charge < -0.3 is 14.2 Å². The molecule has 6 heteroatoms. The van der Waals surface area contributed by atoms with Gasteiger partial charge in [-0.3, -0.25) is 14.4 Å². The van der Waals surface area contributed by atoms with E-state index in [1.165, 1.54) is 180 Å². The SMILES string of the molecule is CCCCC/C=C/C=C/CCCCCCCCC(=O)OC(COC(=O)CC/C=C/C/C=C/CCCCCCCC)COC(=O)CCCCCCCCCCCCCCCCCCCCC.